The summed E-state index contributed by atoms with van der Waals surface area (Å²) in [5.74, 6) is 1.70. The van der Waals surface area contributed by atoms with Crippen molar-refractivity contribution in [3.05, 3.63) is 59.7 Å². The number of ether oxygens (including phenoxy) is 1. The molecule has 150 valence electrons. The van der Waals surface area contributed by atoms with Gasteiger partial charge in [-0.1, -0.05) is 23.8 Å². The number of hydrogen-bond donors (Lipinski definition) is 1. The molecule has 1 fully saturated rings. The third kappa shape index (κ3) is 4.62. The third-order valence-electron chi connectivity index (χ3n) is 5.45. The van der Waals surface area contributed by atoms with E-state index in [0.717, 1.165) is 29.7 Å². The van der Waals surface area contributed by atoms with Crippen LogP contribution in [0, 0.1) is 5.92 Å². The lowest BCUT2D eigenvalue weighted by atomic mass is 9.90. The summed E-state index contributed by atoms with van der Waals surface area (Å²) in [6.45, 7) is 3.29. The fourth-order valence-electron chi connectivity index (χ4n) is 3.81. The van der Waals surface area contributed by atoms with E-state index in [1.807, 2.05) is 53.9 Å². The summed E-state index contributed by atoms with van der Waals surface area (Å²) >= 11 is 0. The van der Waals surface area contributed by atoms with Gasteiger partial charge in [0.2, 0.25) is 5.91 Å². The molecule has 1 aliphatic heterocycles. The number of aromatic nitrogens is 2. The van der Waals surface area contributed by atoms with Crippen molar-refractivity contribution in [1.29, 1.82) is 0 Å². The van der Waals surface area contributed by atoms with Gasteiger partial charge in [0.1, 0.15) is 17.7 Å². The first-order valence-electron chi connectivity index (χ1n) is 9.73. The first-order valence-corrected chi connectivity index (χ1v) is 9.73. The minimum atomic E-state index is -0.583. The zero-order valence-electron chi connectivity index (χ0n) is 16.8. The Balaban J connectivity index is 1.56. The molecule has 6 nitrogen and oxygen atoms in total. The van der Waals surface area contributed by atoms with Crippen LogP contribution in [0.25, 0.3) is 0 Å². The molecule has 1 unspecified atom stereocenters. The molecule has 2 heterocycles. The van der Waals surface area contributed by atoms with E-state index >= 15 is 0 Å². The first kappa shape index (κ1) is 20.1. The molecule has 0 aliphatic carbocycles. The van der Waals surface area contributed by atoms with E-state index < -0.39 is 6.10 Å². The van der Waals surface area contributed by atoms with Crippen LogP contribution in [0.5, 0.6) is 5.75 Å². The monoisotopic (exact) mass is 383 g/mol. The summed E-state index contributed by atoms with van der Waals surface area (Å²) in [6, 6.07) is 7.87. The fraction of sp³-hybridized carbons (Fsp3) is 0.455. The Kier molecular flexibility index (Phi) is 6.52. The summed E-state index contributed by atoms with van der Waals surface area (Å²) in [6.07, 6.45) is 6.92. The van der Waals surface area contributed by atoms with E-state index in [1.54, 1.807) is 19.4 Å². The van der Waals surface area contributed by atoms with Crippen LogP contribution >= 0.6 is 0 Å². The second kappa shape index (κ2) is 9.06. The van der Waals surface area contributed by atoms with Gasteiger partial charge in [-0.05, 0) is 43.7 Å². The van der Waals surface area contributed by atoms with E-state index in [-0.39, 0.29) is 11.8 Å². The third-order valence-corrected chi connectivity index (χ3v) is 5.45. The summed E-state index contributed by atoms with van der Waals surface area (Å²) in [5.41, 5.74) is 2.08. The molecule has 1 aromatic carbocycles. The highest BCUT2D eigenvalue weighted by Crippen LogP contribution is 2.30. The number of carbonyl (C=O) groups excluding carboxylic acids is 1. The second-order valence-electron chi connectivity index (χ2n) is 7.48. The van der Waals surface area contributed by atoms with Crippen molar-refractivity contribution < 1.29 is 14.6 Å². The van der Waals surface area contributed by atoms with Crippen molar-refractivity contribution in [2.45, 2.75) is 32.3 Å². The Hall–Kier alpha value is -2.60. The predicted octanol–water partition coefficient (Wildman–Crippen LogP) is 2.89. The van der Waals surface area contributed by atoms with Gasteiger partial charge < -0.3 is 19.3 Å². The van der Waals surface area contributed by atoms with Gasteiger partial charge >= 0.3 is 0 Å². The molecule has 0 spiro atoms. The number of benzene rings is 1. The molecule has 6 heteroatoms. The zero-order valence-corrected chi connectivity index (χ0v) is 16.8. The smallest absolute Gasteiger partial charge is 0.246 e. The van der Waals surface area contributed by atoms with E-state index in [1.165, 1.54) is 0 Å². The van der Waals surface area contributed by atoms with Crippen LogP contribution in [0.3, 0.4) is 0 Å². The molecule has 1 aromatic heterocycles. The van der Waals surface area contributed by atoms with Gasteiger partial charge in [-0.15, -0.1) is 0 Å². The molecule has 3 rings (SSSR count). The SMILES string of the molecule is COc1ccccc1C/C(C)=C/C(=O)N1CCC(C(O)c2nccn2C)CC1. The quantitative estimate of drug-likeness (QED) is 0.779. The van der Waals surface area contributed by atoms with Crippen LogP contribution in [0.2, 0.25) is 0 Å². The highest BCUT2D eigenvalue weighted by atomic mass is 16.5. The number of nitrogens with zero attached hydrogens (tertiary/aromatic N) is 3. The molecule has 0 radical (unpaired) electrons. The number of allylic oxidation sites excluding steroid dienone is 1. The molecule has 0 bridgehead atoms. The largest absolute Gasteiger partial charge is 0.496 e. The number of rotatable bonds is 6. The van der Waals surface area contributed by atoms with Gasteiger partial charge in [0.25, 0.3) is 0 Å². The standard InChI is InChI=1S/C22H29N3O3/c1-16(14-18-6-4-5-7-19(18)28-3)15-20(26)25-11-8-17(9-12-25)21(27)22-23-10-13-24(22)2/h4-7,10,13,15,17,21,27H,8-9,11-12,14H2,1-3H3/b16-15+. The Morgan fingerprint density at radius 1 is 1.36 bits per heavy atom. The number of para-hydroxylation sites is 1. The van der Waals surface area contributed by atoms with Gasteiger partial charge in [-0.25, -0.2) is 4.98 Å². The topological polar surface area (TPSA) is 67.6 Å². The molecular weight excluding hydrogens is 354 g/mol. The van der Waals surface area contributed by atoms with Crippen molar-refractivity contribution in [2.24, 2.45) is 13.0 Å². The number of aliphatic hydroxyl groups is 1. The van der Waals surface area contributed by atoms with E-state index in [0.29, 0.717) is 25.3 Å². The second-order valence-corrected chi connectivity index (χ2v) is 7.48. The van der Waals surface area contributed by atoms with Crippen molar-refractivity contribution >= 4 is 5.91 Å². The van der Waals surface area contributed by atoms with Crippen LogP contribution in [0.4, 0.5) is 0 Å². The number of aryl methyl sites for hydroxylation is 1. The highest BCUT2D eigenvalue weighted by Gasteiger charge is 2.29. The van der Waals surface area contributed by atoms with Crippen LogP contribution in [0.1, 0.15) is 37.3 Å². The number of imidazole rings is 1. The highest BCUT2D eigenvalue weighted by molar-refractivity contribution is 5.88. The minimum Gasteiger partial charge on any atom is -0.496 e. The number of carbonyl (C=O) groups is 1. The summed E-state index contributed by atoms with van der Waals surface area (Å²) in [4.78, 5) is 18.8. The number of piperidine rings is 1. The minimum absolute atomic E-state index is 0.0392. The van der Waals surface area contributed by atoms with Gasteiger partial charge in [-0.2, -0.15) is 0 Å². The van der Waals surface area contributed by atoms with Crippen LogP contribution in [-0.2, 0) is 18.3 Å². The maximum absolute atomic E-state index is 12.7. The van der Waals surface area contributed by atoms with Crippen molar-refractivity contribution in [3.63, 3.8) is 0 Å². The Morgan fingerprint density at radius 3 is 2.71 bits per heavy atom. The maximum Gasteiger partial charge on any atom is 0.246 e. The summed E-state index contributed by atoms with van der Waals surface area (Å²) < 4.78 is 7.24. The molecule has 2 aromatic rings. The molecule has 1 atom stereocenters. The average molecular weight is 383 g/mol. The van der Waals surface area contributed by atoms with Gasteiger partial charge in [-0.3, -0.25) is 4.79 Å². The number of hydrogen-bond acceptors (Lipinski definition) is 4. The van der Waals surface area contributed by atoms with E-state index in [4.69, 9.17) is 4.74 Å². The average Bonchev–Trinajstić information content (AvgIpc) is 3.13. The van der Waals surface area contributed by atoms with E-state index in [2.05, 4.69) is 4.98 Å². The van der Waals surface area contributed by atoms with Crippen LogP contribution < -0.4 is 4.74 Å². The van der Waals surface area contributed by atoms with Crippen LogP contribution in [0.15, 0.2) is 48.3 Å². The molecule has 28 heavy (non-hydrogen) atoms. The molecule has 1 amide bonds. The van der Waals surface area contributed by atoms with Gasteiger partial charge in [0.05, 0.1) is 7.11 Å². The molecular formula is C22H29N3O3. The number of amides is 1. The predicted molar refractivity (Wildman–Crippen MR) is 108 cm³/mol. The van der Waals surface area contributed by atoms with Crippen molar-refractivity contribution in [2.75, 3.05) is 20.2 Å². The number of aliphatic hydroxyl groups excluding tert-OH is 1. The van der Waals surface area contributed by atoms with Gasteiger partial charge in [0, 0.05) is 38.6 Å². The Labute approximate surface area is 166 Å². The lowest BCUT2D eigenvalue weighted by Gasteiger charge is -2.33. The zero-order chi connectivity index (χ0) is 20.1. The van der Waals surface area contributed by atoms with E-state index in [9.17, 15) is 9.90 Å². The lowest BCUT2D eigenvalue weighted by Crippen LogP contribution is -2.39. The molecule has 0 saturated carbocycles. The number of likely N-dealkylation sites (tertiary alicyclic amines) is 1. The molecule has 1 saturated heterocycles. The Morgan fingerprint density at radius 2 is 2.07 bits per heavy atom. The molecule has 1 aliphatic rings. The summed E-state index contributed by atoms with van der Waals surface area (Å²) in [7, 11) is 3.55. The fourth-order valence-corrected chi connectivity index (χ4v) is 3.81. The first-order chi connectivity index (χ1) is 13.5. The van der Waals surface area contributed by atoms with Crippen molar-refractivity contribution in [3.8, 4) is 5.75 Å². The van der Waals surface area contributed by atoms with Crippen molar-refractivity contribution in [1.82, 2.24) is 14.5 Å². The lowest BCUT2D eigenvalue weighted by molar-refractivity contribution is -0.128. The maximum atomic E-state index is 12.7. The van der Waals surface area contributed by atoms with Crippen LogP contribution in [-0.4, -0.2) is 45.7 Å². The Bertz CT molecular complexity index is 835. The summed E-state index contributed by atoms with van der Waals surface area (Å²) in [5, 5.41) is 10.6. The normalized spacial score (nSPS) is 16.9. The number of methoxy groups -OCH3 is 1. The van der Waals surface area contributed by atoms with Gasteiger partial charge in [0.15, 0.2) is 0 Å². The molecule has 1 N–H and O–H groups in total.